The van der Waals surface area contributed by atoms with E-state index in [2.05, 4.69) is 46.0 Å². The van der Waals surface area contributed by atoms with Crippen LogP contribution in [-0.4, -0.2) is 139 Å². The summed E-state index contributed by atoms with van der Waals surface area (Å²) in [6.07, 6.45) is 2.04. The largest absolute Gasteiger partial charge is 0.444 e. The lowest BCUT2D eigenvalue weighted by atomic mass is 9.91. The quantitative estimate of drug-likeness (QED) is 0.435. The van der Waals surface area contributed by atoms with Gasteiger partial charge in [0.1, 0.15) is 11.2 Å². The van der Waals surface area contributed by atoms with E-state index in [0.29, 0.717) is 23.9 Å². The topological polar surface area (TPSA) is 80.8 Å². The van der Waals surface area contributed by atoms with E-state index >= 15 is 0 Å². The Morgan fingerprint density at radius 2 is 1.21 bits per heavy atom. The molecule has 0 aromatic heterocycles. The number of hydrogen-bond donors (Lipinski definition) is 1. The first-order valence-electron chi connectivity index (χ1n) is 18.2. The van der Waals surface area contributed by atoms with Crippen molar-refractivity contribution in [2.75, 3.05) is 78.5 Å². The second-order valence-electron chi connectivity index (χ2n) is 16.2. The first-order valence-corrected chi connectivity index (χ1v) is 18.6. The van der Waals surface area contributed by atoms with Gasteiger partial charge in [0.25, 0.3) is 0 Å². The zero-order chi connectivity index (χ0) is 35.1. The van der Waals surface area contributed by atoms with Crippen LogP contribution in [0.2, 0.25) is 5.02 Å². The first kappa shape index (κ1) is 38.7. The number of amides is 2. The molecule has 0 saturated carbocycles. The fourth-order valence-electron chi connectivity index (χ4n) is 7.42. The summed E-state index contributed by atoms with van der Waals surface area (Å²) in [7, 11) is 0. The number of nitrogens with zero attached hydrogens (tertiary/aromatic N) is 5. The van der Waals surface area contributed by atoms with E-state index in [1.807, 2.05) is 63.5 Å². The van der Waals surface area contributed by atoms with Gasteiger partial charge >= 0.3 is 12.2 Å². The molecule has 1 N–H and O–H groups in total. The Kier molecular flexibility index (Phi) is 13.9. The molecule has 4 saturated heterocycles. The van der Waals surface area contributed by atoms with Crippen LogP contribution in [0.4, 0.5) is 9.59 Å². The number of likely N-dealkylation sites (tertiary alicyclic amines) is 1. The predicted octanol–water partition coefficient (Wildman–Crippen LogP) is 5.64. The van der Waals surface area contributed by atoms with Crippen LogP contribution in [0.15, 0.2) is 24.3 Å². The lowest BCUT2D eigenvalue weighted by Gasteiger charge is -2.45. The number of ether oxygens (including phenoxy) is 2. The second-order valence-corrected chi connectivity index (χ2v) is 16.7. The van der Waals surface area contributed by atoms with Crippen molar-refractivity contribution >= 4 is 23.8 Å². The lowest BCUT2D eigenvalue weighted by molar-refractivity contribution is -0.00237. The molecule has 10 nitrogen and oxygen atoms in total. The Hall–Kier alpha value is -2.11. The number of piperidine rings is 2. The molecule has 5 rings (SSSR count). The maximum Gasteiger partial charge on any atom is 0.410 e. The fraction of sp³-hybridized carbons (Fsp3) is 0.784. The van der Waals surface area contributed by atoms with Crippen molar-refractivity contribution in [1.82, 2.24) is 29.8 Å². The third-order valence-corrected chi connectivity index (χ3v) is 10.1. The van der Waals surface area contributed by atoms with Crippen molar-refractivity contribution in [1.29, 1.82) is 0 Å². The average Bonchev–Trinajstić information content (AvgIpc) is 3.01. The number of nitrogens with one attached hydrogen (secondary N) is 1. The Balaban J connectivity index is 0.000000229. The monoisotopic (exact) mass is 690 g/mol. The summed E-state index contributed by atoms with van der Waals surface area (Å²) in [6.45, 7) is 28.5. The van der Waals surface area contributed by atoms with Gasteiger partial charge in [0.15, 0.2) is 0 Å². The van der Waals surface area contributed by atoms with Gasteiger partial charge in [-0.05, 0) is 104 Å². The minimum atomic E-state index is -0.431. The molecule has 0 bridgehead atoms. The van der Waals surface area contributed by atoms with Crippen molar-refractivity contribution in [3.63, 3.8) is 0 Å². The van der Waals surface area contributed by atoms with Crippen molar-refractivity contribution in [3.05, 3.63) is 34.9 Å². The van der Waals surface area contributed by atoms with Crippen molar-refractivity contribution in [2.45, 2.75) is 98.1 Å². The average molecular weight is 691 g/mol. The highest BCUT2D eigenvalue weighted by atomic mass is 35.5. The third-order valence-electron chi connectivity index (χ3n) is 9.87. The number of carbonyl (C=O) groups is 2. The van der Waals surface area contributed by atoms with Gasteiger partial charge in [0.2, 0.25) is 0 Å². The molecule has 4 atom stereocenters. The van der Waals surface area contributed by atoms with E-state index < -0.39 is 11.2 Å². The molecule has 0 aliphatic carbocycles. The number of hydrogen-bond acceptors (Lipinski definition) is 8. The van der Waals surface area contributed by atoms with Gasteiger partial charge in [0, 0.05) is 82.6 Å². The Bertz CT molecular complexity index is 1160. The molecule has 0 radical (unpaired) electrons. The van der Waals surface area contributed by atoms with E-state index in [4.69, 9.17) is 21.1 Å². The molecule has 4 unspecified atom stereocenters. The molecular formula is C37H63ClN6O4. The second kappa shape index (κ2) is 17.2. The molecular weight excluding hydrogens is 628 g/mol. The molecule has 1 aromatic rings. The van der Waals surface area contributed by atoms with Crippen molar-refractivity contribution < 1.29 is 19.1 Å². The van der Waals surface area contributed by atoms with Gasteiger partial charge in [-0.3, -0.25) is 14.7 Å². The maximum absolute atomic E-state index is 12.3. The number of halogens is 1. The van der Waals surface area contributed by atoms with Crippen LogP contribution in [-0.2, 0) is 16.0 Å². The van der Waals surface area contributed by atoms with Crippen molar-refractivity contribution in [3.8, 4) is 0 Å². The highest BCUT2D eigenvalue weighted by molar-refractivity contribution is 6.30. The molecule has 1 aromatic carbocycles. The molecule has 4 fully saturated rings. The first-order chi connectivity index (χ1) is 22.6. The van der Waals surface area contributed by atoms with Crippen LogP contribution in [0, 0.1) is 11.8 Å². The van der Waals surface area contributed by atoms with E-state index in [1.54, 1.807) is 0 Å². The summed E-state index contributed by atoms with van der Waals surface area (Å²) < 4.78 is 10.9. The number of carbonyl (C=O) groups excluding carboxylic acids is 2. The van der Waals surface area contributed by atoms with Crippen LogP contribution in [0.5, 0.6) is 0 Å². The third kappa shape index (κ3) is 12.0. The Labute approximate surface area is 295 Å². The molecule has 4 heterocycles. The molecule has 0 spiro atoms. The van der Waals surface area contributed by atoms with Gasteiger partial charge in [-0.2, -0.15) is 0 Å². The van der Waals surface area contributed by atoms with Crippen LogP contribution < -0.4 is 5.32 Å². The van der Waals surface area contributed by atoms with Crippen LogP contribution in [0.3, 0.4) is 0 Å². The highest BCUT2D eigenvalue weighted by Crippen LogP contribution is 2.26. The number of benzene rings is 1. The minimum absolute atomic E-state index is 0.171. The molecule has 48 heavy (non-hydrogen) atoms. The Morgan fingerprint density at radius 1 is 0.729 bits per heavy atom. The number of rotatable bonds is 4. The van der Waals surface area contributed by atoms with Crippen LogP contribution >= 0.6 is 11.6 Å². The molecule has 2 amide bonds. The van der Waals surface area contributed by atoms with Crippen LogP contribution in [0.25, 0.3) is 0 Å². The molecule has 272 valence electrons. The predicted molar refractivity (Wildman–Crippen MR) is 193 cm³/mol. The molecule has 4 aliphatic heterocycles. The van der Waals surface area contributed by atoms with Crippen LogP contribution in [0.1, 0.15) is 73.8 Å². The van der Waals surface area contributed by atoms with Crippen molar-refractivity contribution in [2.24, 2.45) is 11.8 Å². The molecule has 11 heteroatoms. The summed E-state index contributed by atoms with van der Waals surface area (Å²) in [5.74, 6) is 1.31. The Morgan fingerprint density at radius 3 is 1.65 bits per heavy atom. The summed E-state index contributed by atoms with van der Waals surface area (Å²) in [6, 6.07) is 9.44. The smallest absolute Gasteiger partial charge is 0.410 e. The summed E-state index contributed by atoms with van der Waals surface area (Å²) >= 11 is 5.99. The van der Waals surface area contributed by atoms with E-state index in [0.717, 1.165) is 90.1 Å². The van der Waals surface area contributed by atoms with E-state index in [9.17, 15) is 9.59 Å². The number of piperazine rings is 2. The highest BCUT2D eigenvalue weighted by Gasteiger charge is 2.35. The normalized spacial score (nSPS) is 26.8. The van der Waals surface area contributed by atoms with Gasteiger partial charge in [-0.25, -0.2) is 9.59 Å². The maximum atomic E-state index is 12.3. The van der Waals surface area contributed by atoms with Gasteiger partial charge in [-0.15, -0.1) is 0 Å². The summed E-state index contributed by atoms with van der Waals surface area (Å²) in [5, 5.41) is 4.24. The summed E-state index contributed by atoms with van der Waals surface area (Å²) in [4.78, 5) is 35.7. The summed E-state index contributed by atoms with van der Waals surface area (Å²) in [5.41, 5.74) is 0.484. The van der Waals surface area contributed by atoms with Gasteiger partial charge in [-0.1, -0.05) is 37.6 Å². The minimum Gasteiger partial charge on any atom is -0.444 e. The zero-order valence-corrected chi connectivity index (χ0v) is 31.7. The standard InChI is InChI=1S/C22H34ClN3O2.C15H29N3O2/c1-17-15-24(16-18-5-7-19(23)8-6-18)10-9-20(17)25-11-13-26(14-12-25)21(27)28-22(2,3)4;1-12-11-16-6-5-13(12)17-7-9-18(10-8-17)14(19)20-15(2,3)4/h5-8,17,20H,9-16H2,1-4H3;12-13,16H,5-11H2,1-4H3. The van der Waals surface area contributed by atoms with Gasteiger partial charge < -0.3 is 24.6 Å². The van der Waals surface area contributed by atoms with E-state index in [1.165, 1.54) is 18.4 Å². The van der Waals surface area contributed by atoms with Gasteiger partial charge in [0.05, 0.1) is 0 Å². The SMILES string of the molecule is CC1CN(Cc2ccc(Cl)cc2)CCC1N1CCN(C(=O)OC(C)(C)C)CC1.CC1CNCCC1N1CCN(C(=O)OC(C)(C)C)CC1. The molecule has 4 aliphatic rings. The fourth-order valence-corrected chi connectivity index (χ4v) is 7.55. The zero-order valence-electron chi connectivity index (χ0n) is 31.0. The lowest BCUT2D eigenvalue weighted by Crippen LogP contribution is -2.57. The van der Waals surface area contributed by atoms with E-state index in [-0.39, 0.29) is 12.2 Å².